The molecule has 0 aromatic heterocycles. The molecule has 1 aliphatic heterocycles. The van der Waals surface area contributed by atoms with Gasteiger partial charge in [-0.1, -0.05) is 0 Å². The first-order valence-corrected chi connectivity index (χ1v) is 6.56. The fourth-order valence-corrected chi connectivity index (χ4v) is 2.52. The summed E-state index contributed by atoms with van der Waals surface area (Å²) in [5.74, 6) is 0.375. The van der Waals surface area contributed by atoms with E-state index in [-0.39, 0.29) is 12.4 Å². The van der Waals surface area contributed by atoms with Crippen molar-refractivity contribution < 1.29 is 9.90 Å². The lowest BCUT2D eigenvalue weighted by molar-refractivity contribution is 0.101. The summed E-state index contributed by atoms with van der Waals surface area (Å²) in [6.07, 6.45) is 1.84. The van der Waals surface area contributed by atoms with E-state index < -0.39 is 0 Å². The molecule has 1 fully saturated rings. The van der Waals surface area contributed by atoms with Crippen molar-refractivity contribution in [3.05, 3.63) is 29.3 Å². The number of hydrogen-bond donors (Lipinski definition) is 1. The van der Waals surface area contributed by atoms with E-state index in [1.807, 2.05) is 0 Å². The highest BCUT2D eigenvalue weighted by atomic mass is 16.3. The highest BCUT2D eigenvalue weighted by Gasteiger charge is 2.21. The first-order valence-electron chi connectivity index (χ1n) is 6.56. The van der Waals surface area contributed by atoms with Crippen molar-refractivity contribution in [3.63, 3.8) is 0 Å². The van der Waals surface area contributed by atoms with Crippen molar-refractivity contribution in [1.82, 2.24) is 0 Å². The van der Waals surface area contributed by atoms with Gasteiger partial charge in [-0.2, -0.15) is 5.26 Å². The maximum atomic E-state index is 11.7. The molecule has 1 aromatic rings. The Balaban J connectivity index is 2.28. The minimum atomic E-state index is 0.0174. The highest BCUT2D eigenvalue weighted by molar-refractivity contribution is 6.00. The number of benzene rings is 1. The van der Waals surface area contributed by atoms with Gasteiger partial charge in [-0.3, -0.25) is 4.79 Å². The molecule has 19 heavy (non-hydrogen) atoms. The lowest BCUT2D eigenvalue weighted by Gasteiger charge is -2.34. The number of nitriles is 1. The van der Waals surface area contributed by atoms with Gasteiger partial charge >= 0.3 is 0 Å². The van der Waals surface area contributed by atoms with Crippen LogP contribution in [0.3, 0.4) is 0 Å². The van der Waals surface area contributed by atoms with Gasteiger partial charge in [-0.25, -0.2) is 0 Å². The molecule has 4 heteroatoms. The molecule has 0 amide bonds. The zero-order valence-corrected chi connectivity index (χ0v) is 11.1. The molecule has 0 bridgehead atoms. The molecule has 1 heterocycles. The summed E-state index contributed by atoms with van der Waals surface area (Å²) in [5.41, 5.74) is 2.09. The zero-order valence-electron chi connectivity index (χ0n) is 11.1. The molecular weight excluding hydrogens is 240 g/mol. The van der Waals surface area contributed by atoms with Crippen LogP contribution in [0.2, 0.25) is 0 Å². The van der Waals surface area contributed by atoms with Gasteiger partial charge in [0.05, 0.1) is 11.6 Å². The fourth-order valence-electron chi connectivity index (χ4n) is 2.52. The largest absolute Gasteiger partial charge is 0.396 e. The van der Waals surface area contributed by atoms with E-state index in [0.717, 1.165) is 31.6 Å². The van der Waals surface area contributed by atoms with Gasteiger partial charge in [0.15, 0.2) is 5.78 Å². The van der Waals surface area contributed by atoms with Crippen LogP contribution < -0.4 is 4.90 Å². The summed E-state index contributed by atoms with van der Waals surface area (Å²) >= 11 is 0. The van der Waals surface area contributed by atoms with Crippen molar-refractivity contribution in [1.29, 1.82) is 5.26 Å². The number of Topliss-reactive ketones (excluding diaryl/α,β-unsaturated/α-hetero) is 1. The van der Waals surface area contributed by atoms with Crippen LogP contribution in [0.4, 0.5) is 5.69 Å². The topological polar surface area (TPSA) is 64.3 Å². The van der Waals surface area contributed by atoms with E-state index in [1.54, 1.807) is 25.1 Å². The number of piperidine rings is 1. The quantitative estimate of drug-likeness (QED) is 0.842. The van der Waals surface area contributed by atoms with Crippen molar-refractivity contribution in [2.45, 2.75) is 19.8 Å². The first kappa shape index (κ1) is 13.6. The van der Waals surface area contributed by atoms with Gasteiger partial charge in [-0.15, -0.1) is 0 Å². The number of aliphatic hydroxyl groups excluding tert-OH is 1. The maximum absolute atomic E-state index is 11.7. The van der Waals surface area contributed by atoms with E-state index in [1.165, 1.54) is 0 Å². The Morgan fingerprint density at radius 3 is 2.68 bits per heavy atom. The molecule has 1 aliphatic rings. The number of carbonyl (C=O) groups is 1. The average Bonchev–Trinajstić information content (AvgIpc) is 2.46. The summed E-state index contributed by atoms with van der Waals surface area (Å²) in [6, 6.07) is 7.31. The normalized spacial score (nSPS) is 16.2. The number of aliphatic hydroxyl groups is 1. The minimum absolute atomic E-state index is 0.0174. The molecule has 0 spiro atoms. The molecule has 100 valence electrons. The molecule has 1 N–H and O–H groups in total. The third-order valence-corrected chi connectivity index (χ3v) is 3.72. The average molecular weight is 258 g/mol. The number of rotatable bonds is 3. The number of nitrogens with zero attached hydrogens (tertiary/aromatic N) is 2. The van der Waals surface area contributed by atoms with Crippen molar-refractivity contribution in [2.75, 3.05) is 24.6 Å². The van der Waals surface area contributed by atoms with Gasteiger partial charge in [0.25, 0.3) is 0 Å². The summed E-state index contributed by atoms with van der Waals surface area (Å²) in [4.78, 5) is 13.8. The van der Waals surface area contributed by atoms with Crippen LogP contribution in [0.5, 0.6) is 0 Å². The number of ketones is 1. The van der Waals surface area contributed by atoms with Crippen LogP contribution in [0.15, 0.2) is 18.2 Å². The minimum Gasteiger partial charge on any atom is -0.396 e. The Morgan fingerprint density at radius 1 is 1.47 bits per heavy atom. The smallest absolute Gasteiger partial charge is 0.161 e. The van der Waals surface area contributed by atoms with E-state index >= 15 is 0 Å². The zero-order chi connectivity index (χ0) is 13.8. The Kier molecular flexibility index (Phi) is 4.18. The molecule has 1 aromatic carbocycles. The second-order valence-electron chi connectivity index (χ2n) is 5.01. The van der Waals surface area contributed by atoms with Gasteiger partial charge < -0.3 is 10.0 Å². The third kappa shape index (κ3) is 2.94. The van der Waals surface area contributed by atoms with Crippen LogP contribution in [0, 0.1) is 17.2 Å². The van der Waals surface area contributed by atoms with Crippen molar-refractivity contribution in [2.24, 2.45) is 5.92 Å². The Labute approximate surface area is 113 Å². The van der Waals surface area contributed by atoms with Gasteiger partial charge in [0.1, 0.15) is 0 Å². The molecular formula is C15H18N2O2. The van der Waals surface area contributed by atoms with Crippen LogP contribution in [0.1, 0.15) is 35.7 Å². The summed E-state index contributed by atoms with van der Waals surface area (Å²) < 4.78 is 0. The predicted octanol–water partition coefficient (Wildman–Crippen LogP) is 1.97. The predicted molar refractivity (Wildman–Crippen MR) is 73.2 cm³/mol. The lowest BCUT2D eigenvalue weighted by Crippen LogP contribution is -2.35. The molecule has 0 atom stereocenters. The Hall–Kier alpha value is -1.86. The van der Waals surface area contributed by atoms with E-state index in [9.17, 15) is 4.79 Å². The standard InChI is InChI=1S/C15H18N2O2/c1-11(19)14-3-2-13(9-16)8-15(14)17-6-4-12(10-18)5-7-17/h2-3,8,12,18H,4-7,10H2,1H3. The van der Waals surface area contributed by atoms with E-state index in [2.05, 4.69) is 11.0 Å². The van der Waals surface area contributed by atoms with Gasteiger partial charge in [0.2, 0.25) is 0 Å². The fraction of sp³-hybridized carbons (Fsp3) is 0.467. The van der Waals surface area contributed by atoms with Crippen LogP contribution in [-0.4, -0.2) is 30.6 Å². The molecule has 0 radical (unpaired) electrons. The lowest BCUT2D eigenvalue weighted by atomic mass is 9.96. The Morgan fingerprint density at radius 2 is 2.16 bits per heavy atom. The second kappa shape index (κ2) is 5.85. The second-order valence-corrected chi connectivity index (χ2v) is 5.01. The molecule has 1 saturated heterocycles. The summed E-state index contributed by atoms with van der Waals surface area (Å²) in [6.45, 7) is 3.41. The number of hydrogen-bond acceptors (Lipinski definition) is 4. The van der Waals surface area contributed by atoms with Gasteiger partial charge in [0, 0.05) is 30.9 Å². The van der Waals surface area contributed by atoms with Crippen LogP contribution >= 0.6 is 0 Å². The molecule has 4 nitrogen and oxygen atoms in total. The molecule has 0 unspecified atom stereocenters. The monoisotopic (exact) mass is 258 g/mol. The van der Waals surface area contributed by atoms with Crippen LogP contribution in [-0.2, 0) is 0 Å². The third-order valence-electron chi connectivity index (χ3n) is 3.72. The van der Waals surface area contributed by atoms with Gasteiger partial charge in [-0.05, 0) is 43.9 Å². The first-order chi connectivity index (χ1) is 9.15. The SMILES string of the molecule is CC(=O)c1ccc(C#N)cc1N1CCC(CO)CC1. The highest BCUT2D eigenvalue weighted by Crippen LogP contribution is 2.27. The maximum Gasteiger partial charge on any atom is 0.161 e. The van der Waals surface area contributed by atoms with E-state index in [4.69, 9.17) is 10.4 Å². The number of anilines is 1. The number of carbonyl (C=O) groups excluding carboxylic acids is 1. The molecule has 0 aliphatic carbocycles. The van der Waals surface area contributed by atoms with Crippen molar-refractivity contribution in [3.8, 4) is 6.07 Å². The van der Waals surface area contributed by atoms with E-state index in [0.29, 0.717) is 17.0 Å². The van der Waals surface area contributed by atoms with Crippen LogP contribution in [0.25, 0.3) is 0 Å². The molecule has 2 rings (SSSR count). The molecule has 0 saturated carbocycles. The van der Waals surface area contributed by atoms with Crippen molar-refractivity contribution >= 4 is 11.5 Å². The Bertz CT molecular complexity index is 511. The summed E-state index contributed by atoms with van der Waals surface area (Å²) in [7, 11) is 0. The summed E-state index contributed by atoms with van der Waals surface area (Å²) in [5, 5.41) is 18.1.